The van der Waals surface area contributed by atoms with Gasteiger partial charge in [0.05, 0.1) is 4.90 Å². The van der Waals surface area contributed by atoms with Crippen LogP contribution in [0, 0.1) is 0 Å². The van der Waals surface area contributed by atoms with E-state index in [0.717, 1.165) is 19.6 Å². The van der Waals surface area contributed by atoms with Gasteiger partial charge >= 0.3 is 0 Å². The standard InChI is InChI=1S/C17H27N3O3S/c1-18-17(21)15-7-9-16(10-8-15)24(22,23)19(2)13-14-20-11-5-3-4-6-12-20/h7-10H,3-6,11-14H2,1-2H3,(H,18,21). The number of hydrogen-bond acceptors (Lipinski definition) is 4. The summed E-state index contributed by atoms with van der Waals surface area (Å²) in [5, 5.41) is 2.52. The minimum atomic E-state index is -3.52. The molecule has 1 aromatic carbocycles. The predicted molar refractivity (Wildman–Crippen MR) is 94.6 cm³/mol. The second-order valence-electron chi connectivity index (χ2n) is 6.19. The summed E-state index contributed by atoms with van der Waals surface area (Å²) in [6.45, 7) is 3.33. The molecule has 0 unspecified atom stereocenters. The molecule has 0 aromatic heterocycles. The number of likely N-dealkylation sites (tertiary alicyclic amines) is 1. The topological polar surface area (TPSA) is 69.7 Å². The van der Waals surface area contributed by atoms with Gasteiger partial charge in [-0.1, -0.05) is 12.8 Å². The molecule has 1 N–H and O–H groups in total. The number of rotatable bonds is 6. The van der Waals surface area contributed by atoms with E-state index in [-0.39, 0.29) is 10.8 Å². The van der Waals surface area contributed by atoms with Crippen LogP contribution in [0.3, 0.4) is 0 Å². The van der Waals surface area contributed by atoms with E-state index in [4.69, 9.17) is 0 Å². The summed E-state index contributed by atoms with van der Waals surface area (Å²) in [5.41, 5.74) is 0.448. The third-order valence-electron chi connectivity index (χ3n) is 4.48. The van der Waals surface area contributed by atoms with Crippen molar-refractivity contribution in [2.24, 2.45) is 0 Å². The highest BCUT2D eigenvalue weighted by atomic mass is 32.2. The Hall–Kier alpha value is -1.44. The average molecular weight is 353 g/mol. The number of carbonyl (C=O) groups excluding carboxylic acids is 1. The zero-order valence-electron chi connectivity index (χ0n) is 14.5. The number of amides is 1. The van der Waals surface area contributed by atoms with Crippen molar-refractivity contribution in [3.05, 3.63) is 29.8 Å². The molecule has 6 nitrogen and oxygen atoms in total. The van der Waals surface area contributed by atoms with Crippen LogP contribution in [0.5, 0.6) is 0 Å². The van der Waals surface area contributed by atoms with E-state index in [9.17, 15) is 13.2 Å². The van der Waals surface area contributed by atoms with Crippen LogP contribution in [-0.2, 0) is 10.0 Å². The van der Waals surface area contributed by atoms with Crippen LogP contribution in [0.2, 0.25) is 0 Å². The average Bonchev–Trinajstić information content (AvgIpc) is 2.87. The van der Waals surface area contributed by atoms with Gasteiger partial charge in [-0.3, -0.25) is 4.79 Å². The number of likely N-dealkylation sites (N-methyl/N-ethyl adjacent to an activating group) is 1. The molecule has 1 aliphatic rings. The molecule has 0 bridgehead atoms. The van der Waals surface area contributed by atoms with Crippen LogP contribution in [0.1, 0.15) is 36.0 Å². The maximum atomic E-state index is 12.6. The molecule has 0 radical (unpaired) electrons. The smallest absolute Gasteiger partial charge is 0.251 e. The molecule has 2 rings (SSSR count). The van der Waals surface area contributed by atoms with Crippen molar-refractivity contribution >= 4 is 15.9 Å². The third-order valence-corrected chi connectivity index (χ3v) is 6.35. The first kappa shape index (κ1) is 18.9. The van der Waals surface area contributed by atoms with Crippen molar-refractivity contribution in [3.8, 4) is 0 Å². The first-order valence-corrected chi connectivity index (χ1v) is 9.90. The lowest BCUT2D eigenvalue weighted by Crippen LogP contribution is -2.36. The predicted octanol–water partition coefficient (Wildman–Crippen LogP) is 1.54. The first-order chi connectivity index (χ1) is 11.4. The van der Waals surface area contributed by atoms with Gasteiger partial charge in [0.15, 0.2) is 0 Å². The van der Waals surface area contributed by atoms with Crippen molar-refractivity contribution in [2.75, 3.05) is 40.3 Å². The fourth-order valence-corrected chi connectivity index (χ4v) is 4.03. The third kappa shape index (κ3) is 4.78. The van der Waals surface area contributed by atoms with E-state index in [0.29, 0.717) is 12.1 Å². The summed E-state index contributed by atoms with van der Waals surface area (Å²) in [5.74, 6) is -0.228. The number of nitrogens with zero attached hydrogens (tertiary/aromatic N) is 2. The largest absolute Gasteiger partial charge is 0.355 e. The van der Waals surface area contributed by atoms with Crippen LogP contribution < -0.4 is 5.32 Å². The molecule has 0 aliphatic carbocycles. The van der Waals surface area contributed by atoms with Gasteiger partial charge in [0.25, 0.3) is 5.91 Å². The highest BCUT2D eigenvalue weighted by Crippen LogP contribution is 2.16. The van der Waals surface area contributed by atoms with Crippen LogP contribution >= 0.6 is 0 Å². The number of sulfonamides is 1. The molecule has 0 saturated carbocycles. The van der Waals surface area contributed by atoms with Crippen molar-refractivity contribution < 1.29 is 13.2 Å². The Balaban J connectivity index is 1.98. The van der Waals surface area contributed by atoms with Crippen molar-refractivity contribution in [1.82, 2.24) is 14.5 Å². The Bertz CT molecular complexity index is 636. The van der Waals surface area contributed by atoms with Crippen molar-refractivity contribution in [1.29, 1.82) is 0 Å². The van der Waals surface area contributed by atoms with E-state index in [1.54, 1.807) is 14.1 Å². The number of benzene rings is 1. The monoisotopic (exact) mass is 353 g/mol. The van der Waals surface area contributed by atoms with E-state index < -0.39 is 10.0 Å². The van der Waals surface area contributed by atoms with E-state index >= 15 is 0 Å². The molecule has 24 heavy (non-hydrogen) atoms. The lowest BCUT2D eigenvalue weighted by molar-refractivity contribution is 0.0963. The summed E-state index contributed by atoms with van der Waals surface area (Å²) < 4.78 is 26.7. The van der Waals surface area contributed by atoms with Gasteiger partial charge in [0, 0.05) is 32.7 Å². The van der Waals surface area contributed by atoms with Crippen LogP contribution in [0.4, 0.5) is 0 Å². The fraction of sp³-hybridized carbons (Fsp3) is 0.588. The second kappa shape index (κ2) is 8.60. The van der Waals surface area contributed by atoms with E-state index in [2.05, 4.69) is 10.2 Å². The summed E-state index contributed by atoms with van der Waals surface area (Å²) >= 11 is 0. The molecule has 0 atom stereocenters. The molecule has 1 amide bonds. The highest BCUT2D eigenvalue weighted by molar-refractivity contribution is 7.89. The number of nitrogens with one attached hydrogen (secondary N) is 1. The van der Waals surface area contributed by atoms with Gasteiger partial charge in [0.1, 0.15) is 0 Å². The highest BCUT2D eigenvalue weighted by Gasteiger charge is 2.21. The summed E-state index contributed by atoms with van der Waals surface area (Å²) in [6, 6.07) is 6.05. The van der Waals surface area contributed by atoms with Crippen LogP contribution in [0.25, 0.3) is 0 Å². The molecular formula is C17H27N3O3S. The molecule has 0 spiro atoms. The zero-order chi connectivity index (χ0) is 17.6. The summed E-state index contributed by atoms with van der Waals surface area (Å²) in [4.78, 5) is 14.1. The number of carbonyl (C=O) groups is 1. The zero-order valence-corrected chi connectivity index (χ0v) is 15.3. The summed E-state index contributed by atoms with van der Waals surface area (Å²) in [6.07, 6.45) is 4.92. The SMILES string of the molecule is CNC(=O)c1ccc(S(=O)(=O)N(C)CCN2CCCCCC2)cc1. The minimum Gasteiger partial charge on any atom is -0.355 e. The maximum absolute atomic E-state index is 12.6. The second-order valence-corrected chi connectivity index (χ2v) is 8.23. The quantitative estimate of drug-likeness (QED) is 0.842. The molecule has 1 heterocycles. The summed E-state index contributed by atoms with van der Waals surface area (Å²) in [7, 11) is -0.367. The van der Waals surface area contributed by atoms with Gasteiger partial charge < -0.3 is 10.2 Å². The Labute approximate surface area is 144 Å². The van der Waals surface area contributed by atoms with E-state index in [1.165, 1.54) is 54.3 Å². The Morgan fingerprint density at radius 2 is 1.71 bits per heavy atom. The van der Waals surface area contributed by atoms with Gasteiger partial charge in [-0.2, -0.15) is 4.31 Å². The molecule has 1 aliphatic heterocycles. The minimum absolute atomic E-state index is 0.216. The lowest BCUT2D eigenvalue weighted by Gasteiger charge is -2.23. The molecule has 7 heteroatoms. The van der Waals surface area contributed by atoms with Gasteiger partial charge in [-0.25, -0.2) is 8.42 Å². The van der Waals surface area contributed by atoms with Gasteiger partial charge in [0.2, 0.25) is 10.0 Å². The maximum Gasteiger partial charge on any atom is 0.251 e. The van der Waals surface area contributed by atoms with Crippen molar-refractivity contribution in [3.63, 3.8) is 0 Å². The van der Waals surface area contributed by atoms with Gasteiger partial charge in [-0.05, 0) is 50.2 Å². The Kier molecular flexibility index (Phi) is 6.77. The first-order valence-electron chi connectivity index (χ1n) is 8.46. The number of hydrogen-bond donors (Lipinski definition) is 1. The lowest BCUT2D eigenvalue weighted by atomic mass is 10.2. The Morgan fingerprint density at radius 1 is 1.12 bits per heavy atom. The van der Waals surface area contributed by atoms with Crippen LogP contribution in [-0.4, -0.2) is 63.8 Å². The van der Waals surface area contributed by atoms with Crippen LogP contribution in [0.15, 0.2) is 29.2 Å². The fourth-order valence-electron chi connectivity index (χ4n) is 2.86. The molecule has 134 valence electrons. The van der Waals surface area contributed by atoms with Crippen molar-refractivity contribution in [2.45, 2.75) is 30.6 Å². The van der Waals surface area contributed by atoms with Gasteiger partial charge in [-0.15, -0.1) is 0 Å². The molecule has 1 fully saturated rings. The molecule has 1 saturated heterocycles. The molecular weight excluding hydrogens is 326 g/mol. The normalized spacial score (nSPS) is 16.8. The van der Waals surface area contributed by atoms with E-state index in [1.807, 2.05) is 0 Å². The molecule has 1 aromatic rings. The Morgan fingerprint density at radius 3 is 2.25 bits per heavy atom.